The zero-order valence-corrected chi connectivity index (χ0v) is 13.8. The van der Waals surface area contributed by atoms with Crippen LogP contribution in [-0.4, -0.2) is 44.3 Å². The number of benzene rings is 1. The Morgan fingerprint density at radius 1 is 1.18 bits per heavy atom. The first-order valence-corrected chi connectivity index (χ1v) is 8.02. The summed E-state index contributed by atoms with van der Waals surface area (Å²) in [7, 11) is 4.13. The van der Waals surface area contributed by atoms with Gasteiger partial charge < -0.3 is 15.0 Å². The molecule has 1 amide bonds. The summed E-state index contributed by atoms with van der Waals surface area (Å²) in [5.74, 6) is -0.267. The number of rotatable bonds is 11. The zero-order chi connectivity index (χ0) is 16.2. The second-order valence-electron chi connectivity index (χ2n) is 6.00. The Bertz CT molecular complexity index is 432. The molecule has 0 fully saturated rings. The van der Waals surface area contributed by atoms with Gasteiger partial charge in [-0.15, -0.1) is 0 Å². The van der Waals surface area contributed by atoms with Crippen LogP contribution in [0.5, 0.6) is 0 Å². The van der Waals surface area contributed by atoms with Crippen LogP contribution in [0, 0.1) is 5.92 Å². The van der Waals surface area contributed by atoms with Crippen molar-refractivity contribution in [2.24, 2.45) is 5.92 Å². The molecule has 0 spiro atoms. The number of hydrogen-bond acceptors (Lipinski definition) is 3. The minimum absolute atomic E-state index is 0.0272. The highest BCUT2D eigenvalue weighted by atomic mass is 16.1. The predicted octanol–water partition coefficient (Wildman–Crippen LogP) is 2.28. The van der Waals surface area contributed by atoms with Crippen LogP contribution in [0.2, 0.25) is 0 Å². The van der Waals surface area contributed by atoms with E-state index in [4.69, 9.17) is 0 Å². The van der Waals surface area contributed by atoms with Crippen molar-refractivity contribution in [2.75, 3.05) is 27.2 Å². The van der Waals surface area contributed by atoms with E-state index in [2.05, 4.69) is 24.3 Å². The van der Waals surface area contributed by atoms with Crippen LogP contribution in [-0.2, 0) is 16.0 Å². The maximum Gasteiger partial charge on any atom is 0.220 e. The van der Waals surface area contributed by atoms with Crippen LogP contribution in [0.4, 0.5) is 0 Å². The fourth-order valence-electron chi connectivity index (χ4n) is 2.35. The Balaban J connectivity index is 2.18. The van der Waals surface area contributed by atoms with Gasteiger partial charge in [0.25, 0.3) is 0 Å². The summed E-state index contributed by atoms with van der Waals surface area (Å²) in [5.41, 5.74) is 1.09. The second-order valence-corrected chi connectivity index (χ2v) is 6.00. The number of unbranched alkanes of at least 4 members (excludes halogenated alkanes) is 2. The van der Waals surface area contributed by atoms with E-state index in [1.54, 1.807) is 0 Å². The van der Waals surface area contributed by atoms with Crippen LogP contribution < -0.4 is 5.32 Å². The molecule has 0 heterocycles. The second kappa shape index (κ2) is 11.0. The maximum absolute atomic E-state index is 11.9. The van der Waals surface area contributed by atoms with Gasteiger partial charge in [0.1, 0.15) is 6.29 Å². The average molecular weight is 304 g/mol. The highest BCUT2D eigenvalue weighted by Crippen LogP contribution is 2.10. The molecule has 0 saturated carbocycles. The van der Waals surface area contributed by atoms with Crippen molar-refractivity contribution in [3.63, 3.8) is 0 Å². The van der Waals surface area contributed by atoms with Gasteiger partial charge in [0, 0.05) is 18.9 Å². The summed E-state index contributed by atoms with van der Waals surface area (Å²) in [6, 6.07) is 9.82. The minimum Gasteiger partial charge on any atom is -0.356 e. The average Bonchev–Trinajstić information content (AvgIpc) is 2.50. The molecule has 0 aromatic heterocycles. The molecule has 0 aliphatic carbocycles. The van der Waals surface area contributed by atoms with E-state index in [0.717, 1.165) is 37.7 Å². The van der Waals surface area contributed by atoms with Gasteiger partial charge in [0.05, 0.1) is 0 Å². The molecular formula is C18H28N2O2. The summed E-state index contributed by atoms with van der Waals surface area (Å²) >= 11 is 0. The molecule has 4 heteroatoms. The molecule has 1 aromatic carbocycles. The van der Waals surface area contributed by atoms with E-state index in [9.17, 15) is 9.59 Å². The maximum atomic E-state index is 11.9. The van der Waals surface area contributed by atoms with Crippen molar-refractivity contribution in [3.05, 3.63) is 35.9 Å². The quantitative estimate of drug-likeness (QED) is 0.504. The molecule has 0 aliphatic rings. The lowest BCUT2D eigenvalue weighted by Crippen LogP contribution is -2.27. The third-order valence-electron chi connectivity index (χ3n) is 3.59. The van der Waals surface area contributed by atoms with E-state index in [0.29, 0.717) is 13.0 Å². The van der Waals surface area contributed by atoms with Gasteiger partial charge in [-0.3, -0.25) is 4.79 Å². The van der Waals surface area contributed by atoms with Crippen molar-refractivity contribution in [3.8, 4) is 0 Å². The van der Waals surface area contributed by atoms with E-state index >= 15 is 0 Å². The van der Waals surface area contributed by atoms with Gasteiger partial charge in [-0.05, 0) is 45.5 Å². The molecular weight excluding hydrogens is 276 g/mol. The lowest BCUT2D eigenvalue weighted by Gasteiger charge is -2.11. The summed E-state index contributed by atoms with van der Waals surface area (Å²) in [4.78, 5) is 25.2. The van der Waals surface area contributed by atoms with Crippen LogP contribution in [0.3, 0.4) is 0 Å². The molecule has 1 unspecified atom stereocenters. The van der Waals surface area contributed by atoms with E-state index in [-0.39, 0.29) is 18.2 Å². The Labute approximate surface area is 133 Å². The van der Waals surface area contributed by atoms with Crippen molar-refractivity contribution >= 4 is 12.2 Å². The molecule has 0 aliphatic heterocycles. The standard InChI is InChI=1S/C18H28N2O2/c1-20(2)12-8-4-7-11-19-18(22)14-17(15-21)13-16-9-5-3-6-10-16/h3,5-6,9-10,15,17H,4,7-8,11-14H2,1-2H3,(H,19,22). The first kappa shape index (κ1) is 18.4. The number of nitrogens with one attached hydrogen (secondary N) is 1. The number of carbonyl (C=O) groups excluding carboxylic acids is 2. The molecule has 1 rings (SSSR count). The number of amides is 1. The fraction of sp³-hybridized carbons (Fsp3) is 0.556. The first-order chi connectivity index (χ1) is 10.6. The topological polar surface area (TPSA) is 49.4 Å². The molecule has 0 bridgehead atoms. The SMILES string of the molecule is CN(C)CCCCCNC(=O)CC(C=O)Cc1ccccc1. The van der Waals surface area contributed by atoms with Crippen molar-refractivity contribution in [1.82, 2.24) is 10.2 Å². The minimum atomic E-state index is -0.240. The van der Waals surface area contributed by atoms with Gasteiger partial charge in [-0.25, -0.2) is 0 Å². The van der Waals surface area contributed by atoms with Gasteiger partial charge in [-0.2, -0.15) is 0 Å². The van der Waals surface area contributed by atoms with Crippen molar-refractivity contribution in [1.29, 1.82) is 0 Å². The highest BCUT2D eigenvalue weighted by Gasteiger charge is 2.13. The van der Waals surface area contributed by atoms with Crippen LogP contribution in [0.25, 0.3) is 0 Å². The van der Waals surface area contributed by atoms with E-state index in [1.165, 1.54) is 0 Å². The van der Waals surface area contributed by atoms with Gasteiger partial charge in [0.15, 0.2) is 0 Å². The molecule has 122 valence electrons. The number of hydrogen-bond donors (Lipinski definition) is 1. The van der Waals surface area contributed by atoms with Crippen molar-refractivity contribution < 1.29 is 9.59 Å². The lowest BCUT2D eigenvalue weighted by atomic mass is 9.97. The highest BCUT2D eigenvalue weighted by molar-refractivity contribution is 5.79. The Kier molecular flexibility index (Phi) is 9.15. The summed E-state index contributed by atoms with van der Waals surface area (Å²) in [5, 5.41) is 2.91. The Morgan fingerprint density at radius 2 is 1.91 bits per heavy atom. The van der Waals surface area contributed by atoms with Gasteiger partial charge >= 0.3 is 0 Å². The first-order valence-electron chi connectivity index (χ1n) is 8.02. The molecule has 0 saturated heterocycles. The molecule has 4 nitrogen and oxygen atoms in total. The summed E-state index contributed by atoms with van der Waals surface area (Å²) < 4.78 is 0. The van der Waals surface area contributed by atoms with Crippen LogP contribution >= 0.6 is 0 Å². The normalized spacial score (nSPS) is 12.1. The van der Waals surface area contributed by atoms with Crippen LogP contribution in [0.15, 0.2) is 30.3 Å². The number of nitrogens with zero attached hydrogens (tertiary/aromatic N) is 1. The van der Waals surface area contributed by atoms with E-state index < -0.39 is 0 Å². The lowest BCUT2D eigenvalue weighted by molar-refractivity contribution is -0.124. The molecule has 1 aromatic rings. The molecule has 22 heavy (non-hydrogen) atoms. The predicted molar refractivity (Wildman–Crippen MR) is 89.7 cm³/mol. The summed E-state index contributed by atoms with van der Waals surface area (Å²) in [6.45, 7) is 1.78. The number of aldehydes is 1. The number of carbonyl (C=O) groups is 2. The third kappa shape index (κ3) is 8.57. The Hall–Kier alpha value is -1.68. The summed E-state index contributed by atoms with van der Waals surface area (Å²) in [6.07, 6.45) is 5.04. The fourth-order valence-corrected chi connectivity index (χ4v) is 2.35. The molecule has 1 N–H and O–H groups in total. The monoisotopic (exact) mass is 304 g/mol. The van der Waals surface area contributed by atoms with E-state index in [1.807, 2.05) is 30.3 Å². The third-order valence-corrected chi connectivity index (χ3v) is 3.59. The smallest absolute Gasteiger partial charge is 0.220 e. The molecule has 1 atom stereocenters. The van der Waals surface area contributed by atoms with Crippen molar-refractivity contribution in [2.45, 2.75) is 32.1 Å². The van der Waals surface area contributed by atoms with Gasteiger partial charge in [-0.1, -0.05) is 36.8 Å². The Morgan fingerprint density at radius 3 is 2.55 bits per heavy atom. The zero-order valence-electron chi connectivity index (χ0n) is 13.8. The molecule has 0 radical (unpaired) electrons. The van der Waals surface area contributed by atoms with Crippen LogP contribution in [0.1, 0.15) is 31.2 Å². The van der Waals surface area contributed by atoms with Gasteiger partial charge in [0.2, 0.25) is 5.91 Å². The largest absolute Gasteiger partial charge is 0.356 e.